The quantitative estimate of drug-likeness (QED) is 0.416. The summed E-state index contributed by atoms with van der Waals surface area (Å²) in [6.45, 7) is 1.83. The predicted octanol–water partition coefficient (Wildman–Crippen LogP) is 1.95. The summed E-state index contributed by atoms with van der Waals surface area (Å²) in [7, 11) is 1.76. The third-order valence-corrected chi connectivity index (χ3v) is 1.66. The standard InChI is InChI=1S/C10H13N3/c1-3-12-13(2)10(11)9-7-5-4-6-8-9/h3-8,11H,1-2H3/b11-10?,12-3-. The smallest absolute Gasteiger partial charge is 0.148 e. The van der Waals surface area contributed by atoms with Crippen molar-refractivity contribution in [2.45, 2.75) is 6.92 Å². The van der Waals surface area contributed by atoms with Crippen LogP contribution >= 0.6 is 0 Å². The van der Waals surface area contributed by atoms with Crippen molar-refractivity contribution in [3.05, 3.63) is 35.9 Å². The molecule has 0 fully saturated rings. The number of hydrogen-bond donors (Lipinski definition) is 1. The normalized spacial score (nSPS) is 10.3. The van der Waals surface area contributed by atoms with Crippen LogP contribution in [0.1, 0.15) is 12.5 Å². The summed E-state index contributed by atoms with van der Waals surface area (Å²) >= 11 is 0. The van der Waals surface area contributed by atoms with Crippen molar-refractivity contribution in [3.8, 4) is 0 Å². The largest absolute Gasteiger partial charge is 0.283 e. The number of rotatable bonds is 2. The van der Waals surface area contributed by atoms with Gasteiger partial charge in [-0.3, -0.25) is 10.4 Å². The third kappa shape index (κ3) is 2.40. The van der Waals surface area contributed by atoms with Crippen LogP contribution in [0.5, 0.6) is 0 Å². The minimum Gasteiger partial charge on any atom is -0.283 e. The van der Waals surface area contributed by atoms with Gasteiger partial charge in [0.05, 0.1) is 0 Å². The highest BCUT2D eigenvalue weighted by molar-refractivity contribution is 5.96. The minimum absolute atomic E-state index is 0.402. The van der Waals surface area contributed by atoms with Gasteiger partial charge in [0.15, 0.2) is 0 Å². The lowest BCUT2D eigenvalue weighted by atomic mass is 10.2. The van der Waals surface area contributed by atoms with Crippen molar-refractivity contribution in [3.63, 3.8) is 0 Å². The molecule has 0 aliphatic rings. The molecule has 0 saturated heterocycles. The fraction of sp³-hybridized carbons (Fsp3) is 0.200. The van der Waals surface area contributed by atoms with Crippen molar-refractivity contribution in [2.24, 2.45) is 5.10 Å². The van der Waals surface area contributed by atoms with Crippen LogP contribution in [0.25, 0.3) is 0 Å². The third-order valence-electron chi connectivity index (χ3n) is 1.66. The van der Waals surface area contributed by atoms with Gasteiger partial charge < -0.3 is 0 Å². The second-order valence-corrected chi connectivity index (χ2v) is 2.61. The van der Waals surface area contributed by atoms with Crippen LogP contribution in [-0.2, 0) is 0 Å². The van der Waals surface area contributed by atoms with E-state index in [9.17, 15) is 0 Å². The molecule has 0 unspecified atom stereocenters. The van der Waals surface area contributed by atoms with Gasteiger partial charge in [-0.2, -0.15) is 5.10 Å². The van der Waals surface area contributed by atoms with Gasteiger partial charge in [-0.25, -0.2) is 0 Å². The molecule has 0 radical (unpaired) electrons. The van der Waals surface area contributed by atoms with Crippen molar-refractivity contribution >= 4 is 12.1 Å². The number of hydrazone groups is 1. The van der Waals surface area contributed by atoms with Gasteiger partial charge >= 0.3 is 0 Å². The van der Waals surface area contributed by atoms with Gasteiger partial charge in [-0.15, -0.1) is 0 Å². The average molecular weight is 175 g/mol. The number of benzene rings is 1. The van der Waals surface area contributed by atoms with Crippen molar-refractivity contribution in [1.82, 2.24) is 5.01 Å². The van der Waals surface area contributed by atoms with Crippen LogP contribution < -0.4 is 0 Å². The number of nitrogens with one attached hydrogen (secondary N) is 1. The molecule has 3 heteroatoms. The molecule has 1 aromatic rings. The molecule has 68 valence electrons. The van der Waals surface area contributed by atoms with E-state index >= 15 is 0 Å². The molecule has 1 aromatic carbocycles. The molecule has 0 bridgehead atoms. The molecule has 1 N–H and O–H groups in total. The summed E-state index contributed by atoms with van der Waals surface area (Å²) in [5, 5.41) is 13.3. The first-order valence-electron chi connectivity index (χ1n) is 4.12. The molecule has 0 heterocycles. The Hall–Kier alpha value is -1.64. The summed E-state index contributed by atoms with van der Waals surface area (Å²) < 4.78 is 0. The topological polar surface area (TPSA) is 39.5 Å². The first-order valence-corrected chi connectivity index (χ1v) is 4.12. The Balaban J connectivity index is 2.80. The minimum atomic E-state index is 0.402. The van der Waals surface area contributed by atoms with E-state index in [1.165, 1.54) is 5.01 Å². The highest BCUT2D eigenvalue weighted by atomic mass is 15.4. The zero-order valence-electron chi connectivity index (χ0n) is 7.86. The van der Waals surface area contributed by atoms with Gasteiger partial charge in [-0.1, -0.05) is 30.3 Å². The van der Waals surface area contributed by atoms with Crippen LogP contribution in [0.15, 0.2) is 35.4 Å². The highest BCUT2D eigenvalue weighted by Crippen LogP contribution is 2.02. The summed E-state index contributed by atoms with van der Waals surface area (Å²) in [6.07, 6.45) is 1.66. The van der Waals surface area contributed by atoms with Crippen LogP contribution in [0, 0.1) is 5.41 Å². The van der Waals surface area contributed by atoms with E-state index in [1.807, 2.05) is 37.3 Å². The van der Waals surface area contributed by atoms with Gasteiger partial charge in [-0.05, 0) is 6.92 Å². The fourth-order valence-corrected chi connectivity index (χ4v) is 1.01. The Kier molecular flexibility index (Phi) is 3.20. The van der Waals surface area contributed by atoms with Crippen LogP contribution in [-0.4, -0.2) is 24.1 Å². The Morgan fingerprint density at radius 1 is 1.38 bits per heavy atom. The van der Waals surface area contributed by atoms with E-state index in [2.05, 4.69) is 5.10 Å². The zero-order valence-corrected chi connectivity index (χ0v) is 7.86. The summed E-state index contributed by atoms with van der Waals surface area (Å²) in [4.78, 5) is 0. The summed E-state index contributed by atoms with van der Waals surface area (Å²) in [5.74, 6) is 0.402. The molecule has 0 saturated carbocycles. The first-order chi connectivity index (χ1) is 6.25. The van der Waals surface area contributed by atoms with E-state index in [4.69, 9.17) is 5.41 Å². The maximum Gasteiger partial charge on any atom is 0.148 e. The molecule has 0 spiro atoms. The molecular weight excluding hydrogens is 162 g/mol. The molecule has 1 rings (SSSR count). The lowest BCUT2D eigenvalue weighted by molar-refractivity contribution is 0.544. The van der Waals surface area contributed by atoms with Crippen molar-refractivity contribution in [1.29, 1.82) is 5.41 Å². The second kappa shape index (κ2) is 4.40. The predicted molar refractivity (Wildman–Crippen MR) is 55.2 cm³/mol. The first kappa shape index (κ1) is 9.45. The van der Waals surface area contributed by atoms with E-state index in [-0.39, 0.29) is 0 Å². The molecule has 0 aliphatic carbocycles. The molecule has 0 amide bonds. The molecular formula is C10H13N3. The van der Waals surface area contributed by atoms with Gasteiger partial charge in [0, 0.05) is 18.8 Å². The average Bonchev–Trinajstić information content (AvgIpc) is 2.18. The lowest BCUT2D eigenvalue weighted by Crippen LogP contribution is -2.20. The fourth-order valence-electron chi connectivity index (χ4n) is 1.01. The van der Waals surface area contributed by atoms with Gasteiger partial charge in [0.2, 0.25) is 0 Å². The van der Waals surface area contributed by atoms with Crippen LogP contribution in [0.4, 0.5) is 0 Å². The molecule has 0 aromatic heterocycles. The van der Waals surface area contributed by atoms with Crippen molar-refractivity contribution < 1.29 is 0 Å². The molecule has 0 atom stereocenters. The van der Waals surface area contributed by atoms with E-state index in [0.717, 1.165) is 5.56 Å². The SMILES string of the molecule is C/C=N\N(C)C(=N)c1ccccc1. The molecule has 0 aliphatic heterocycles. The Morgan fingerprint density at radius 2 is 2.00 bits per heavy atom. The van der Waals surface area contributed by atoms with E-state index in [1.54, 1.807) is 13.3 Å². The number of hydrogen-bond acceptors (Lipinski definition) is 2. The van der Waals surface area contributed by atoms with Gasteiger partial charge in [0.1, 0.15) is 5.84 Å². The Morgan fingerprint density at radius 3 is 2.54 bits per heavy atom. The monoisotopic (exact) mass is 175 g/mol. The van der Waals surface area contributed by atoms with Crippen molar-refractivity contribution in [2.75, 3.05) is 7.05 Å². The van der Waals surface area contributed by atoms with E-state index < -0.39 is 0 Å². The lowest BCUT2D eigenvalue weighted by Gasteiger charge is -2.13. The maximum atomic E-state index is 7.75. The van der Waals surface area contributed by atoms with E-state index in [0.29, 0.717) is 5.84 Å². The number of nitrogens with zero attached hydrogens (tertiary/aromatic N) is 2. The zero-order chi connectivity index (χ0) is 9.68. The molecule has 3 nitrogen and oxygen atoms in total. The summed E-state index contributed by atoms with van der Waals surface area (Å²) in [6, 6.07) is 9.54. The van der Waals surface area contributed by atoms with Gasteiger partial charge in [0.25, 0.3) is 0 Å². The Labute approximate surface area is 78.2 Å². The van der Waals surface area contributed by atoms with Crippen LogP contribution in [0.2, 0.25) is 0 Å². The van der Waals surface area contributed by atoms with Crippen LogP contribution in [0.3, 0.4) is 0 Å². The Bertz CT molecular complexity index is 303. The second-order valence-electron chi connectivity index (χ2n) is 2.61. The molecule has 13 heavy (non-hydrogen) atoms. The number of amidine groups is 1. The maximum absolute atomic E-state index is 7.75. The highest BCUT2D eigenvalue weighted by Gasteiger charge is 2.03. The summed E-state index contributed by atoms with van der Waals surface area (Å²) in [5.41, 5.74) is 0.871.